The average Bonchev–Trinajstić information content (AvgIpc) is 2.13. The summed E-state index contributed by atoms with van der Waals surface area (Å²) in [6, 6.07) is 1.80. The van der Waals surface area contributed by atoms with E-state index in [1.54, 1.807) is 25.4 Å². The molecule has 1 atom stereocenters. The third kappa shape index (κ3) is 6.35. The number of rotatable bonds is 5. The van der Waals surface area contributed by atoms with Crippen molar-refractivity contribution in [1.82, 2.24) is 4.98 Å². The van der Waals surface area contributed by atoms with E-state index in [1.165, 1.54) is 0 Å². The van der Waals surface area contributed by atoms with Crippen molar-refractivity contribution in [1.29, 1.82) is 0 Å². The van der Waals surface area contributed by atoms with Crippen LogP contribution in [-0.4, -0.2) is 21.9 Å². The molecule has 1 heterocycles. The van der Waals surface area contributed by atoms with Crippen LogP contribution in [0.4, 0.5) is 13.2 Å². The number of hydrogen-bond acceptors (Lipinski definition) is 2. The van der Waals surface area contributed by atoms with Crippen molar-refractivity contribution in [3.05, 3.63) is 28.5 Å². The van der Waals surface area contributed by atoms with Gasteiger partial charge in [0.15, 0.2) is 0 Å². The molecular weight excluding hydrogens is 311 g/mol. The number of nitrogens with zero attached hydrogens (tertiary/aromatic N) is 1. The molecule has 102 valence electrons. The van der Waals surface area contributed by atoms with E-state index in [1.807, 2.05) is 0 Å². The highest BCUT2D eigenvalue weighted by Crippen LogP contribution is 2.26. The molecule has 0 aliphatic rings. The van der Waals surface area contributed by atoms with Gasteiger partial charge in [-0.3, -0.25) is 4.98 Å². The van der Waals surface area contributed by atoms with Gasteiger partial charge in [0.1, 0.15) is 0 Å². The van der Waals surface area contributed by atoms with E-state index in [0.717, 1.165) is 10.0 Å². The van der Waals surface area contributed by atoms with E-state index in [9.17, 15) is 18.3 Å². The fraction of sp³-hybridized carbons (Fsp3) is 0.583. The summed E-state index contributed by atoms with van der Waals surface area (Å²) in [6.07, 6.45) is -1.48. The largest absolute Gasteiger partial charge is 0.390 e. The molecule has 0 amide bonds. The maximum atomic E-state index is 12.0. The molecule has 0 spiro atoms. The Bertz CT molecular complexity index is 393. The maximum Gasteiger partial charge on any atom is 0.389 e. The molecule has 1 aromatic rings. The molecule has 18 heavy (non-hydrogen) atoms. The van der Waals surface area contributed by atoms with E-state index in [2.05, 4.69) is 20.9 Å². The second-order valence-electron chi connectivity index (χ2n) is 4.65. The first-order valence-electron chi connectivity index (χ1n) is 5.56. The lowest BCUT2D eigenvalue weighted by atomic mass is 9.92. The average molecular weight is 326 g/mol. The quantitative estimate of drug-likeness (QED) is 0.891. The summed E-state index contributed by atoms with van der Waals surface area (Å²) in [6.45, 7) is 1.55. The topological polar surface area (TPSA) is 33.1 Å². The summed E-state index contributed by atoms with van der Waals surface area (Å²) in [5.41, 5.74) is -0.352. The van der Waals surface area contributed by atoms with Crippen molar-refractivity contribution in [2.45, 2.75) is 44.4 Å². The Labute approximate surface area is 112 Å². The number of halogens is 4. The van der Waals surface area contributed by atoms with Gasteiger partial charge in [-0.25, -0.2) is 0 Å². The molecule has 0 aliphatic heterocycles. The second kappa shape index (κ2) is 6.02. The van der Waals surface area contributed by atoms with Gasteiger partial charge in [-0.05, 0) is 47.3 Å². The standard InChI is InChI=1S/C12H15BrF3NO/c1-11(18,3-2-4-12(14,15)16)6-9-5-10(13)8-17-7-9/h5,7-8,18H,2-4,6H2,1H3. The summed E-state index contributed by atoms with van der Waals surface area (Å²) in [7, 11) is 0. The van der Waals surface area contributed by atoms with Crippen LogP contribution in [0.2, 0.25) is 0 Å². The zero-order valence-electron chi connectivity index (χ0n) is 9.97. The van der Waals surface area contributed by atoms with E-state index in [-0.39, 0.29) is 19.3 Å². The molecule has 1 N–H and O–H groups in total. The second-order valence-corrected chi connectivity index (χ2v) is 5.57. The minimum atomic E-state index is -4.16. The van der Waals surface area contributed by atoms with Crippen molar-refractivity contribution in [2.24, 2.45) is 0 Å². The number of aromatic nitrogens is 1. The van der Waals surface area contributed by atoms with Gasteiger partial charge in [-0.15, -0.1) is 0 Å². The molecule has 0 radical (unpaired) electrons. The van der Waals surface area contributed by atoms with Gasteiger partial charge < -0.3 is 5.11 Å². The minimum absolute atomic E-state index is 0.0715. The van der Waals surface area contributed by atoms with Crippen LogP contribution >= 0.6 is 15.9 Å². The van der Waals surface area contributed by atoms with Gasteiger partial charge in [0.2, 0.25) is 0 Å². The van der Waals surface area contributed by atoms with Crippen molar-refractivity contribution in [2.75, 3.05) is 0 Å². The molecular formula is C12H15BrF3NO. The van der Waals surface area contributed by atoms with Crippen LogP contribution in [0, 0.1) is 0 Å². The predicted octanol–water partition coefficient (Wildman–Crippen LogP) is 3.87. The van der Waals surface area contributed by atoms with Crippen molar-refractivity contribution in [3.63, 3.8) is 0 Å². The number of aliphatic hydroxyl groups is 1. The molecule has 6 heteroatoms. The third-order valence-electron chi connectivity index (χ3n) is 2.52. The van der Waals surface area contributed by atoms with Crippen LogP contribution < -0.4 is 0 Å². The van der Waals surface area contributed by atoms with Gasteiger partial charge >= 0.3 is 6.18 Å². The molecule has 0 bridgehead atoms. The van der Waals surface area contributed by atoms with Crippen LogP contribution in [0.5, 0.6) is 0 Å². The maximum absolute atomic E-state index is 12.0. The number of hydrogen-bond donors (Lipinski definition) is 1. The Morgan fingerprint density at radius 3 is 2.50 bits per heavy atom. The zero-order valence-corrected chi connectivity index (χ0v) is 11.6. The van der Waals surface area contributed by atoms with Crippen molar-refractivity contribution in [3.8, 4) is 0 Å². The van der Waals surface area contributed by atoms with Gasteiger partial charge in [0.05, 0.1) is 5.60 Å². The monoisotopic (exact) mass is 325 g/mol. The molecule has 2 nitrogen and oxygen atoms in total. The molecule has 1 aromatic heterocycles. The lowest BCUT2D eigenvalue weighted by Gasteiger charge is -2.23. The fourth-order valence-corrected chi connectivity index (χ4v) is 2.16. The van der Waals surface area contributed by atoms with E-state index in [0.29, 0.717) is 0 Å². The van der Waals surface area contributed by atoms with Gasteiger partial charge in [-0.1, -0.05) is 0 Å². The summed E-state index contributed by atoms with van der Waals surface area (Å²) >= 11 is 3.26. The van der Waals surface area contributed by atoms with Crippen LogP contribution in [0.1, 0.15) is 31.7 Å². The van der Waals surface area contributed by atoms with Gasteiger partial charge in [0.25, 0.3) is 0 Å². The van der Waals surface area contributed by atoms with Crippen LogP contribution in [0.25, 0.3) is 0 Å². The van der Waals surface area contributed by atoms with E-state index < -0.39 is 18.2 Å². The lowest BCUT2D eigenvalue weighted by Crippen LogP contribution is -2.27. The summed E-state index contributed by atoms with van der Waals surface area (Å²) < 4.78 is 36.8. The molecule has 0 aromatic carbocycles. The fourth-order valence-electron chi connectivity index (χ4n) is 1.75. The highest BCUT2D eigenvalue weighted by atomic mass is 79.9. The van der Waals surface area contributed by atoms with Gasteiger partial charge in [-0.2, -0.15) is 13.2 Å². The highest BCUT2D eigenvalue weighted by Gasteiger charge is 2.29. The highest BCUT2D eigenvalue weighted by molar-refractivity contribution is 9.10. The van der Waals surface area contributed by atoms with Crippen LogP contribution in [0.15, 0.2) is 22.9 Å². The molecule has 0 aliphatic carbocycles. The first kappa shape index (κ1) is 15.4. The Morgan fingerprint density at radius 2 is 1.94 bits per heavy atom. The summed E-state index contributed by atoms with van der Waals surface area (Å²) in [5.74, 6) is 0. The first-order valence-corrected chi connectivity index (χ1v) is 6.36. The van der Waals surface area contributed by atoms with Crippen molar-refractivity contribution < 1.29 is 18.3 Å². The predicted molar refractivity (Wildman–Crippen MR) is 66.2 cm³/mol. The summed E-state index contributed by atoms with van der Waals surface area (Å²) in [5, 5.41) is 10.0. The lowest BCUT2D eigenvalue weighted by molar-refractivity contribution is -0.137. The molecule has 1 unspecified atom stereocenters. The van der Waals surface area contributed by atoms with Gasteiger partial charge in [0, 0.05) is 29.7 Å². The molecule has 1 rings (SSSR count). The van der Waals surface area contributed by atoms with E-state index in [4.69, 9.17) is 0 Å². The first-order chi connectivity index (χ1) is 8.18. The van der Waals surface area contributed by atoms with Crippen LogP contribution in [-0.2, 0) is 6.42 Å². The molecule has 0 saturated heterocycles. The Balaban J connectivity index is 2.49. The summed E-state index contributed by atoms with van der Waals surface area (Å²) in [4.78, 5) is 3.95. The Kier molecular flexibility index (Phi) is 5.16. The zero-order chi connectivity index (χ0) is 13.8. The molecule has 0 saturated carbocycles. The minimum Gasteiger partial charge on any atom is -0.390 e. The number of alkyl halides is 3. The molecule has 0 fully saturated rings. The van der Waals surface area contributed by atoms with Crippen molar-refractivity contribution >= 4 is 15.9 Å². The third-order valence-corrected chi connectivity index (χ3v) is 2.96. The SMILES string of the molecule is CC(O)(CCCC(F)(F)F)Cc1cncc(Br)c1. The smallest absolute Gasteiger partial charge is 0.389 e. The Morgan fingerprint density at radius 1 is 1.28 bits per heavy atom. The van der Waals surface area contributed by atoms with Crippen LogP contribution in [0.3, 0.4) is 0 Å². The number of pyridine rings is 1. The Hall–Kier alpha value is -0.620. The normalized spacial score (nSPS) is 15.4. The van der Waals surface area contributed by atoms with E-state index >= 15 is 0 Å².